The van der Waals surface area contributed by atoms with E-state index in [1.165, 1.54) is 5.39 Å². The second-order valence-corrected chi connectivity index (χ2v) is 6.81. The zero-order chi connectivity index (χ0) is 18.0. The molecule has 0 bridgehead atoms. The molecular formula is C22H25NO2. The van der Waals surface area contributed by atoms with E-state index in [0.29, 0.717) is 0 Å². The minimum Gasteiger partial charge on any atom is -0.491 e. The van der Waals surface area contributed by atoms with Gasteiger partial charge in [0.05, 0.1) is 17.9 Å². The number of rotatable bonds is 5. The SMILES string of the molecule is Cc1c(OC(C)C)cc(OC(C)C)cc1-c1nccc2ccccc12. The highest BCUT2D eigenvalue weighted by molar-refractivity contribution is 5.95. The summed E-state index contributed by atoms with van der Waals surface area (Å²) >= 11 is 0. The molecule has 3 rings (SSSR count). The van der Waals surface area contributed by atoms with Gasteiger partial charge in [0.15, 0.2) is 0 Å². The van der Waals surface area contributed by atoms with Gasteiger partial charge in [-0.05, 0) is 52.1 Å². The number of benzene rings is 2. The Hall–Kier alpha value is -2.55. The summed E-state index contributed by atoms with van der Waals surface area (Å²) in [5.74, 6) is 1.65. The molecule has 3 heteroatoms. The molecule has 0 saturated carbocycles. The van der Waals surface area contributed by atoms with E-state index in [1.54, 1.807) is 0 Å². The van der Waals surface area contributed by atoms with Crippen LogP contribution in [0.4, 0.5) is 0 Å². The molecule has 1 aromatic heterocycles. The largest absolute Gasteiger partial charge is 0.491 e. The molecule has 0 spiro atoms. The Bertz CT molecular complexity index is 879. The average molecular weight is 335 g/mol. The van der Waals surface area contributed by atoms with Crippen LogP contribution in [-0.4, -0.2) is 17.2 Å². The van der Waals surface area contributed by atoms with Crippen molar-refractivity contribution in [3.63, 3.8) is 0 Å². The molecule has 25 heavy (non-hydrogen) atoms. The number of hydrogen-bond donors (Lipinski definition) is 0. The molecule has 2 aromatic carbocycles. The van der Waals surface area contributed by atoms with Gasteiger partial charge in [-0.2, -0.15) is 0 Å². The maximum Gasteiger partial charge on any atom is 0.126 e. The van der Waals surface area contributed by atoms with Crippen LogP contribution in [-0.2, 0) is 0 Å². The molecule has 1 heterocycles. The van der Waals surface area contributed by atoms with Crippen molar-refractivity contribution in [3.8, 4) is 22.8 Å². The second kappa shape index (κ2) is 7.14. The normalized spacial score (nSPS) is 11.3. The Balaban J connectivity index is 2.22. The molecule has 0 atom stereocenters. The quantitative estimate of drug-likeness (QED) is 0.592. The lowest BCUT2D eigenvalue weighted by Gasteiger charge is -2.19. The molecule has 0 amide bonds. The number of pyridine rings is 1. The predicted octanol–water partition coefficient (Wildman–Crippen LogP) is 5.78. The van der Waals surface area contributed by atoms with Crippen molar-refractivity contribution in [3.05, 3.63) is 54.2 Å². The van der Waals surface area contributed by atoms with Crippen LogP contribution in [0.25, 0.3) is 22.0 Å². The van der Waals surface area contributed by atoms with Crippen molar-refractivity contribution in [2.75, 3.05) is 0 Å². The zero-order valence-corrected chi connectivity index (χ0v) is 15.5. The lowest BCUT2D eigenvalue weighted by molar-refractivity contribution is 0.228. The summed E-state index contributed by atoms with van der Waals surface area (Å²) in [7, 11) is 0. The average Bonchev–Trinajstić information content (AvgIpc) is 2.56. The molecule has 0 aliphatic heterocycles. The van der Waals surface area contributed by atoms with Gasteiger partial charge < -0.3 is 9.47 Å². The van der Waals surface area contributed by atoms with Gasteiger partial charge in [-0.1, -0.05) is 24.3 Å². The minimum atomic E-state index is 0.0985. The summed E-state index contributed by atoms with van der Waals surface area (Å²) in [6.45, 7) is 10.2. The van der Waals surface area contributed by atoms with Gasteiger partial charge in [0.25, 0.3) is 0 Å². The fourth-order valence-electron chi connectivity index (χ4n) is 2.96. The Morgan fingerprint density at radius 3 is 2.32 bits per heavy atom. The van der Waals surface area contributed by atoms with Crippen molar-refractivity contribution in [2.45, 2.75) is 46.8 Å². The van der Waals surface area contributed by atoms with Gasteiger partial charge in [0.1, 0.15) is 11.5 Å². The number of hydrogen-bond acceptors (Lipinski definition) is 3. The summed E-state index contributed by atoms with van der Waals surface area (Å²) in [4.78, 5) is 4.67. The molecule has 0 unspecified atom stereocenters. The molecular weight excluding hydrogens is 310 g/mol. The van der Waals surface area contributed by atoms with Gasteiger partial charge in [0, 0.05) is 28.8 Å². The number of nitrogens with zero attached hydrogens (tertiary/aromatic N) is 1. The molecule has 0 fully saturated rings. The van der Waals surface area contributed by atoms with Gasteiger partial charge in [-0.3, -0.25) is 4.98 Å². The highest BCUT2D eigenvalue weighted by Crippen LogP contribution is 2.37. The first-order valence-electron chi connectivity index (χ1n) is 8.77. The topological polar surface area (TPSA) is 31.4 Å². The lowest BCUT2D eigenvalue weighted by Crippen LogP contribution is -2.09. The number of ether oxygens (including phenoxy) is 2. The minimum absolute atomic E-state index is 0.0985. The Morgan fingerprint density at radius 2 is 1.60 bits per heavy atom. The lowest BCUT2D eigenvalue weighted by atomic mass is 9.99. The highest BCUT2D eigenvalue weighted by Gasteiger charge is 2.15. The summed E-state index contributed by atoms with van der Waals surface area (Å²) in [5, 5.41) is 2.30. The summed E-state index contributed by atoms with van der Waals surface area (Å²) < 4.78 is 12.0. The van der Waals surface area contributed by atoms with Crippen LogP contribution in [0.15, 0.2) is 48.7 Å². The van der Waals surface area contributed by atoms with E-state index >= 15 is 0 Å². The summed E-state index contributed by atoms with van der Waals surface area (Å²) in [5.41, 5.74) is 3.08. The first-order chi connectivity index (χ1) is 12.0. The molecule has 3 nitrogen and oxygen atoms in total. The van der Waals surface area contributed by atoms with E-state index in [1.807, 2.05) is 58.2 Å². The fraction of sp³-hybridized carbons (Fsp3) is 0.318. The van der Waals surface area contributed by atoms with Crippen molar-refractivity contribution in [1.29, 1.82) is 0 Å². The van der Waals surface area contributed by atoms with Crippen LogP contribution >= 0.6 is 0 Å². The fourth-order valence-corrected chi connectivity index (χ4v) is 2.96. The van der Waals surface area contributed by atoms with Crippen LogP contribution in [0.2, 0.25) is 0 Å². The summed E-state index contributed by atoms with van der Waals surface area (Å²) in [6, 6.07) is 14.4. The van der Waals surface area contributed by atoms with Gasteiger partial charge in [0.2, 0.25) is 0 Å². The van der Waals surface area contributed by atoms with E-state index in [4.69, 9.17) is 9.47 Å². The van der Waals surface area contributed by atoms with Crippen LogP contribution in [0.1, 0.15) is 33.3 Å². The Kier molecular flexibility index (Phi) is 4.93. The molecule has 3 aromatic rings. The first-order valence-corrected chi connectivity index (χ1v) is 8.77. The van der Waals surface area contributed by atoms with E-state index in [2.05, 4.69) is 30.1 Å². The maximum atomic E-state index is 6.03. The van der Waals surface area contributed by atoms with Crippen LogP contribution in [0.5, 0.6) is 11.5 Å². The highest BCUT2D eigenvalue weighted by atomic mass is 16.5. The standard InChI is InChI=1S/C22H25NO2/c1-14(2)24-18-12-20(16(5)21(13-18)25-15(3)4)22-19-9-7-6-8-17(19)10-11-23-22/h6-15H,1-5H3. The number of fused-ring (bicyclic) bond motifs is 1. The zero-order valence-electron chi connectivity index (χ0n) is 15.5. The third-order valence-corrected chi connectivity index (χ3v) is 4.00. The van der Waals surface area contributed by atoms with Crippen LogP contribution in [0.3, 0.4) is 0 Å². The molecule has 0 saturated heterocycles. The van der Waals surface area contributed by atoms with E-state index < -0.39 is 0 Å². The van der Waals surface area contributed by atoms with E-state index in [-0.39, 0.29) is 12.2 Å². The van der Waals surface area contributed by atoms with Crippen molar-refractivity contribution >= 4 is 10.8 Å². The molecule has 0 aliphatic rings. The number of aromatic nitrogens is 1. The van der Waals surface area contributed by atoms with Crippen LogP contribution in [0, 0.1) is 6.92 Å². The van der Waals surface area contributed by atoms with E-state index in [0.717, 1.165) is 33.7 Å². The summed E-state index contributed by atoms with van der Waals surface area (Å²) in [6.07, 6.45) is 2.06. The van der Waals surface area contributed by atoms with Crippen LogP contribution < -0.4 is 9.47 Å². The van der Waals surface area contributed by atoms with Crippen molar-refractivity contribution in [1.82, 2.24) is 4.98 Å². The molecule has 0 N–H and O–H groups in total. The van der Waals surface area contributed by atoms with Gasteiger partial charge in [-0.25, -0.2) is 0 Å². The smallest absolute Gasteiger partial charge is 0.126 e. The third kappa shape index (κ3) is 3.76. The van der Waals surface area contributed by atoms with Crippen molar-refractivity contribution < 1.29 is 9.47 Å². The molecule has 130 valence electrons. The molecule has 0 radical (unpaired) electrons. The predicted molar refractivity (Wildman–Crippen MR) is 103 cm³/mol. The Labute approximate surface area is 149 Å². The van der Waals surface area contributed by atoms with E-state index in [9.17, 15) is 0 Å². The third-order valence-electron chi connectivity index (χ3n) is 4.00. The second-order valence-electron chi connectivity index (χ2n) is 6.81. The monoisotopic (exact) mass is 335 g/mol. The van der Waals surface area contributed by atoms with Gasteiger partial charge >= 0.3 is 0 Å². The Morgan fingerprint density at radius 1 is 0.880 bits per heavy atom. The first kappa shape index (κ1) is 17.3. The molecule has 0 aliphatic carbocycles. The maximum absolute atomic E-state index is 6.03. The van der Waals surface area contributed by atoms with Gasteiger partial charge in [-0.15, -0.1) is 0 Å². The van der Waals surface area contributed by atoms with Crippen molar-refractivity contribution in [2.24, 2.45) is 0 Å².